The van der Waals surface area contributed by atoms with E-state index in [1.807, 2.05) is 26.1 Å². The molecule has 0 fully saturated rings. The molecule has 1 aromatic carbocycles. The zero-order valence-corrected chi connectivity index (χ0v) is 12.7. The SMILES string of the molecule is CCc1nc(NC)c(C)c(-c2ccc(OC)cc2C)n1. The van der Waals surface area contributed by atoms with E-state index in [4.69, 9.17) is 9.72 Å². The molecule has 0 saturated heterocycles. The molecular formula is C16H21N3O. The molecule has 0 aliphatic heterocycles. The standard InChI is InChI=1S/C16H21N3O/c1-6-14-18-15(11(3)16(17-4)19-14)13-8-7-12(20-5)9-10(13)2/h7-9H,6H2,1-5H3,(H,17,18,19). The molecule has 20 heavy (non-hydrogen) atoms. The van der Waals surface area contributed by atoms with Crippen LogP contribution in [0.4, 0.5) is 5.82 Å². The van der Waals surface area contributed by atoms with E-state index in [0.717, 1.165) is 46.2 Å². The fourth-order valence-corrected chi connectivity index (χ4v) is 2.26. The normalized spacial score (nSPS) is 10.4. The number of nitrogens with one attached hydrogen (secondary N) is 1. The van der Waals surface area contributed by atoms with Gasteiger partial charge in [-0.1, -0.05) is 6.92 Å². The first-order valence-electron chi connectivity index (χ1n) is 6.81. The summed E-state index contributed by atoms with van der Waals surface area (Å²) in [6, 6.07) is 6.05. The van der Waals surface area contributed by atoms with Crippen LogP contribution in [0.2, 0.25) is 0 Å². The highest BCUT2D eigenvalue weighted by Crippen LogP contribution is 2.30. The molecule has 0 saturated carbocycles. The lowest BCUT2D eigenvalue weighted by atomic mass is 10.0. The number of hydrogen-bond acceptors (Lipinski definition) is 4. The number of aryl methyl sites for hydroxylation is 2. The number of anilines is 1. The number of benzene rings is 1. The molecule has 1 aromatic heterocycles. The van der Waals surface area contributed by atoms with Gasteiger partial charge >= 0.3 is 0 Å². The topological polar surface area (TPSA) is 47.0 Å². The summed E-state index contributed by atoms with van der Waals surface area (Å²) in [7, 11) is 3.57. The van der Waals surface area contributed by atoms with Crippen molar-refractivity contribution in [3.63, 3.8) is 0 Å². The van der Waals surface area contributed by atoms with Crippen LogP contribution in [-0.2, 0) is 6.42 Å². The van der Waals surface area contributed by atoms with Crippen molar-refractivity contribution < 1.29 is 4.74 Å². The van der Waals surface area contributed by atoms with Gasteiger partial charge in [0.05, 0.1) is 12.8 Å². The lowest BCUT2D eigenvalue weighted by molar-refractivity contribution is 0.414. The molecule has 0 aliphatic carbocycles. The number of hydrogen-bond donors (Lipinski definition) is 1. The molecule has 0 amide bonds. The maximum atomic E-state index is 5.26. The summed E-state index contributed by atoms with van der Waals surface area (Å²) in [5.74, 6) is 2.61. The summed E-state index contributed by atoms with van der Waals surface area (Å²) in [5, 5.41) is 3.15. The molecule has 4 heteroatoms. The van der Waals surface area contributed by atoms with Crippen LogP contribution in [0, 0.1) is 13.8 Å². The fraction of sp³-hybridized carbons (Fsp3) is 0.375. The average Bonchev–Trinajstić information content (AvgIpc) is 2.47. The monoisotopic (exact) mass is 271 g/mol. The maximum Gasteiger partial charge on any atom is 0.132 e. The number of rotatable bonds is 4. The van der Waals surface area contributed by atoms with Crippen molar-refractivity contribution in [1.82, 2.24) is 9.97 Å². The van der Waals surface area contributed by atoms with Gasteiger partial charge in [0.25, 0.3) is 0 Å². The van der Waals surface area contributed by atoms with Crippen LogP contribution in [0.15, 0.2) is 18.2 Å². The average molecular weight is 271 g/mol. The Morgan fingerprint density at radius 1 is 1.20 bits per heavy atom. The van der Waals surface area contributed by atoms with Gasteiger partial charge in [-0.25, -0.2) is 9.97 Å². The van der Waals surface area contributed by atoms with Gasteiger partial charge in [0.15, 0.2) is 0 Å². The fourth-order valence-electron chi connectivity index (χ4n) is 2.26. The van der Waals surface area contributed by atoms with Crippen molar-refractivity contribution in [2.24, 2.45) is 0 Å². The van der Waals surface area contributed by atoms with Crippen LogP contribution >= 0.6 is 0 Å². The Hall–Kier alpha value is -2.10. The highest BCUT2D eigenvalue weighted by molar-refractivity contribution is 5.71. The van der Waals surface area contributed by atoms with Crippen LogP contribution in [0.25, 0.3) is 11.3 Å². The molecule has 1 N–H and O–H groups in total. The summed E-state index contributed by atoms with van der Waals surface area (Å²) in [4.78, 5) is 9.21. The Kier molecular flexibility index (Phi) is 4.23. The molecule has 0 bridgehead atoms. The molecular weight excluding hydrogens is 250 g/mol. The lowest BCUT2D eigenvalue weighted by Crippen LogP contribution is -2.05. The predicted octanol–water partition coefficient (Wildman–Crippen LogP) is 3.37. The molecule has 0 atom stereocenters. The third-order valence-electron chi connectivity index (χ3n) is 3.43. The second kappa shape index (κ2) is 5.90. The largest absolute Gasteiger partial charge is 0.497 e. The Morgan fingerprint density at radius 3 is 2.50 bits per heavy atom. The summed E-state index contributed by atoms with van der Waals surface area (Å²) < 4.78 is 5.26. The van der Waals surface area contributed by atoms with Crippen LogP contribution < -0.4 is 10.1 Å². The smallest absolute Gasteiger partial charge is 0.132 e. The first kappa shape index (κ1) is 14.3. The molecule has 2 rings (SSSR count). The van der Waals surface area contributed by atoms with Crippen molar-refractivity contribution >= 4 is 5.82 Å². The molecule has 1 heterocycles. The van der Waals surface area contributed by atoms with E-state index in [1.54, 1.807) is 7.11 Å². The summed E-state index contributed by atoms with van der Waals surface area (Å²) in [6.45, 7) is 6.18. The number of methoxy groups -OCH3 is 1. The number of nitrogens with zero attached hydrogens (tertiary/aromatic N) is 2. The first-order valence-corrected chi connectivity index (χ1v) is 6.81. The van der Waals surface area contributed by atoms with E-state index in [0.29, 0.717) is 0 Å². The van der Waals surface area contributed by atoms with E-state index in [-0.39, 0.29) is 0 Å². The van der Waals surface area contributed by atoms with Crippen molar-refractivity contribution in [2.75, 3.05) is 19.5 Å². The Balaban J connectivity index is 2.62. The summed E-state index contributed by atoms with van der Waals surface area (Å²) in [6.07, 6.45) is 0.817. The Labute approximate surface area is 120 Å². The van der Waals surface area contributed by atoms with Gasteiger partial charge in [0.1, 0.15) is 17.4 Å². The van der Waals surface area contributed by atoms with Crippen molar-refractivity contribution in [3.8, 4) is 17.0 Å². The maximum absolute atomic E-state index is 5.26. The Bertz CT molecular complexity index is 623. The minimum Gasteiger partial charge on any atom is -0.497 e. The van der Waals surface area contributed by atoms with Gasteiger partial charge < -0.3 is 10.1 Å². The number of aromatic nitrogens is 2. The van der Waals surface area contributed by atoms with Gasteiger partial charge in [-0.05, 0) is 37.6 Å². The van der Waals surface area contributed by atoms with Crippen LogP contribution in [-0.4, -0.2) is 24.1 Å². The third-order valence-corrected chi connectivity index (χ3v) is 3.43. The molecule has 106 valence electrons. The molecule has 4 nitrogen and oxygen atoms in total. The molecule has 0 aliphatic rings. The van der Waals surface area contributed by atoms with Gasteiger partial charge in [-0.15, -0.1) is 0 Å². The van der Waals surface area contributed by atoms with E-state index in [2.05, 4.69) is 30.2 Å². The van der Waals surface area contributed by atoms with Gasteiger partial charge in [0.2, 0.25) is 0 Å². The molecule has 2 aromatic rings. The molecule has 0 radical (unpaired) electrons. The van der Waals surface area contributed by atoms with Gasteiger partial charge in [-0.2, -0.15) is 0 Å². The van der Waals surface area contributed by atoms with Crippen molar-refractivity contribution in [1.29, 1.82) is 0 Å². The second-order valence-electron chi connectivity index (χ2n) is 4.75. The van der Waals surface area contributed by atoms with E-state index >= 15 is 0 Å². The minimum atomic E-state index is 0.817. The second-order valence-corrected chi connectivity index (χ2v) is 4.75. The highest BCUT2D eigenvalue weighted by atomic mass is 16.5. The summed E-state index contributed by atoms with van der Waals surface area (Å²) in [5.41, 5.74) is 4.33. The lowest BCUT2D eigenvalue weighted by Gasteiger charge is -2.14. The molecule has 0 spiro atoms. The molecule has 0 unspecified atom stereocenters. The first-order chi connectivity index (χ1) is 9.60. The minimum absolute atomic E-state index is 0.817. The van der Waals surface area contributed by atoms with Crippen LogP contribution in [0.5, 0.6) is 5.75 Å². The van der Waals surface area contributed by atoms with Gasteiger partial charge in [0, 0.05) is 24.6 Å². The summed E-state index contributed by atoms with van der Waals surface area (Å²) >= 11 is 0. The third kappa shape index (κ3) is 2.59. The van der Waals surface area contributed by atoms with E-state index in [9.17, 15) is 0 Å². The Morgan fingerprint density at radius 2 is 1.95 bits per heavy atom. The van der Waals surface area contributed by atoms with Crippen LogP contribution in [0.3, 0.4) is 0 Å². The van der Waals surface area contributed by atoms with Crippen molar-refractivity contribution in [3.05, 3.63) is 35.2 Å². The van der Waals surface area contributed by atoms with E-state index in [1.165, 1.54) is 0 Å². The predicted molar refractivity (Wildman–Crippen MR) is 82.4 cm³/mol. The quantitative estimate of drug-likeness (QED) is 0.926. The zero-order chi connectivity index (χ0) is 14.7. The van der Waals surface area contributed by atoms with Crippen LogP contribution in [0.1, 0.15) is 23.9 Å². The van der Waals surface area contributed by atoms with Gasteiger partial charge in [-0.3, -0.25) is 0 Å². The highest BCUT2D eigenvalue weighted by Gasteiger charge is 2.13. The van der Waals surface area contributed by atoms with Crippen molar-refractivity contribution in [2.45, 2.75) is 27.2 Å². The number of ether oxygens (including phenoxy) is 1. The zero-order valence-electron chi connectivity index (χ0n) is 12.7. The van der Waals surface area contributed by atoms with E-state index < -0.39 is 0 Å².